The fraction of sp³-hybridized carbons (Fsp3) is 0.308. The highest BCUT2D eigenvalue weighted by Gasteiger charge is 2.18. The Kier molecular flexibility index (Phi) is 3.85. The van der Waals surface area contributed by atoms with Gasteiger partial charge in [-0.2, -0.15) is 5.10 Å². The molecule has 0 spiro atoms. The number of aromatic nitrogens is 2. The van der Waals surface area contributed by atoms with Crippen LogP contribution >= 0.6 is 11.6 Å². The van der Waals surface area contributed by atoms with Crippen LogP contribution in [0.25, 0.3) is 0 Å². The smallest absolute Gasteiger partial charge is 0.152 e. The number of anilines is 3. The maximum Gasteiger partial charge on any atom is 0.152 e. The minimum Gasteiger partial charge on any atom is -0.394 e. The Balaban J connectivity index is 2.46. The number of hydrogen-bond acceptors (Lipinski definition) is 3. The summed E-state index contributed by atoms with van der Waals surface area (Å²) in [6.45, 7) is 3.90. The Labute approximate surface area is 120 Å². The van der Waals surface area contributed by atoms with Gasteiger partial charge in [0.15, 0.2) is 11.6 Å². The van der Waals surface area contributed by atoms with E-state index in [0.29, 0.717) is 17.2 Å². The monoisotopic (exact) mass is 300 g/mol. The van der Waals surface area contributed by atoms with E-state index in [1.54, 1.807) is 7.05 Å². The lowest BCUT2D eigenvalue weighted by Crippen LogP contribution is -2.03. The van der Waals surface area contributed by atoms with Crippen molar-refractivity contribution < 1.29 is 8.78 Å². The summed E-state index contributed by atoms with van der Waals surface area (Å²) in [5.41, 5.74) is 7.09. The van der Waals surface area contributed by atoms with Crippen molar-refractivity contribution in [2.75, 3.05) is 11.1 Å². The zero-order chi connectivity index (χ0) is 15.0. The second kappa shape index (κ2) is 5.28. The van der Waals surface area contributed by atoms with Crippen molar-refractivity contribution in [2.45, 2.75) is 19.8 Å². The average Bonchev–Trinajstić information content (AvgIpc) is 2.60. The SMILES string of the molecule is CC(C)c1nn(C)c(Nc2c(F)cc(F)cc2Cl)c1N. The predicted octanol–water partition coefficient (Wildman–Crippen LogP) is 3.80. The molecule has 1 aromatic heterocycles. The van der Waals surface area contributed by atoms with E-state index < -0.39 is 11.6 Å². The molecule has 0 saturated heterocycles. The molecule has 0 radical (unpaired) electrons. The minimum atomic E-state index is -0.790. The number of nitrogens with two attached hydrogens (primary N) is 1. The number of nitrogen functional groups attached to an aromatic ring is 1. The van der Waals surface area contributed by atoms with Gasteiger partial charge in [0.1, 0.15) is 5.82 Å². The fourth-order valence-corrected chi connectivity index (χ4v) is 2.16. The number of benzene rings is 1. The molecule has 0 atom stereocenters. The molecule has 0 saturated carbocycles. The normalized spacial score (nSPS) is 11.2. The van der Waals surface area contributed by atoms with Crippen molar-refractivity contribution in [3.63, 3.8) is 0 Å². The number of nitrogens with one attached hydrogen (secondary N) is 1. The van der Waals surface area contributed by atoms with Crippen LogP contribution in [0.5, 0.6) is 0 Å². The van der Waals surface area contributed by atoms with E-state index >= 15 is 0 Å². The zero-order valence-electron chi connectivity index (χ0n) is 11.3. The average molecular weight is 301 g/mol. The summed E-state index contributed by atoms with van der Waals surface area (Å²) in [4.78, 5) is 0. The number of halogens is 3. The van der Waals surface area contributed by atoms with Crippen LogP contribution < -0.4 is 11.1 Å². The van der Waals surface area contributed by atoms with Gasteiger partial charge in [0.2, 0.25) is 0 Å². The number of aryl methyl sites for hydroxylation is 1. The van der Waals surface area contributed by atoms with Crippen LogP contribution in [0.1, 0.15) is 25.5 Å². The lowest BCUT2D eigenvalue weighted by molar-refractivity contribution is 0.586. The van der Waals surface area contributed by atoms with Crippen LogP contribution in [0.3, 0.4) is 0 Å². The Hall–Kier alpha value is -1.82. The van der Waals surface area contributed by atoms with Gasteiger partial charge in [0.25, 0.3) is 0 Å². The number of hydrogen-bond donors (Lipinski definition) is 2. The third-order valence-corrected chi connectivity index (χ3v) is 3.21. The van der Waals surface area contributed by atoms with E-state index in [1.807, 2.05) is 13.8 Å². The van der Waals surface area contributed by atoms with Crippen LogP contribution in [0.4, 0.5) is 26.0 Å². The highest BCUT2D eigenvalue weighted by atomic mass is 35.5. The van der Waals surface area contributed by atoms with E-state index in [0.717, 1.165) is 12.1 Å². The first-order valence-corrected chi connectivity index (χ1v) is 6.43. The largest absolute Gasteiger partial charge is 0.394 e. The molecule has 2 rings (SSSR count). The van der Waals surface area contributed by atoms with Gasteiger partial charge in [0, 0.05) is 13.1 Å². The summed E-state index contributed by atoms with van der Waals surface area (Å²) in [6.07, 6.45) is 0. The van der Waals surface area contributed by atoms with Gasteiger partial charge in [0.05, 0.1) is 22.1 Å². The van der Waals surface area contributed by atoms with Gasteiger partial charge in [-0.1, -0.05) is 25.4 Å². The van der Waals surface area contributed by atoms with Crippen LogP contribution in [0.2, 0.25) is 5.02 Å². The molecule has 4 nitrogen and oxygen atoms in total. The number of nitrogens with zero attached hydrogens (tertiary/aromatic N) is 2. The van der Waals surface area contributed by atoms with Gasteiger partial charge in [-0.3, -0.25) is 4.68 Å². The molecule has 108 valence electrons. The minimum absolute atomic E-state index is 0.0296. The summed E-state index contributed by atoms with van der Waals surface area (Å²) in [5.74, 6) is -0.980. The molecule has 1 heterocycles. The maximum absolute atomic E-state index is 13.8. The molecule has 0 fully saturated rings. The Bertz CT molecular complexity index is 629. The third kappa shape index (κ3) is 2.56. The molecule has 0 aliphatic rings. The van der Waals surface area contributed by atoms with Gasteiger partial charge in [-0.15, -0.1) is 0 Å². The quantitative estimate of drug-likeness (QED) is 0.906. The van der Waals surface area contributed by atoms with Crippen molar-refractivity contribution in [2.24, 2.45) is 7.05 Å². The van der Waals surface area contributed by atoms with Crippen molar-refractivity contribution in [3.05, 3.63) is 34.5 Å². The maximum atomic E-state index is 13.8. The Morgan fingerprint density at radius 2 is 2.00 bits per heavy atom. The first-order chi connectivity index (χ1) is 9.31. The van der Waals surface area contributed by atoms with E-state index in [1.165, 1.54) is 4.68 Å². The van der Waals surface area contributed by atoms with E-state index in [-0.39, 0.29) is 16.6 Å². The van der Waals surface area contributed by atoms with Crippen LogP contribution in [-0.2, 0) is 7.05 Å². The second-order valence-corrected chi connectivity index (χ2v) is 5.20. The van der Waals surface area contributed by atoms with Gasteiger partial charge in [-0.05, 0) is 12.0 Å². The summed E-state index contributed by atoms with van der Waals surface area (Å²) in [5, 5.41) is 6.99. The van der Waals surface area contributed by atoms with E-state index in [4.69, 9.17) is 17.3 Å². The molecule has 0 aliphatic carbocycles. The standard InChI is InChI=1S/C13H15ClF2N4/c1-6(2)11-10(17)13(20(3)19-11)18-12-8(14)4-7(15)5-9(12)16/h4-6,18H,17H2,1-3H3. The predicted molar refractivity (Wildman–Crippen MR) is 76.4 cm³/mol. The molecule has 0 aliphatic heterocycles. The highest BCUT2D eigenvalue weighted by Crippen LogP contribution is 2.34. The highest BCUT2D eigenvalue weighted by molar-refractivity contribution is 6.33. The molecule has 0 bridgehead atoms. The zero-order valence-corrected chi connectivity index (χ0v) is 12.1. The van der Waals surface area contributed by atoms with Crippen molar-refractivity contribution in [1.82, 2.24) is 9.78 Å². The summed E-state index contributed by atoms with van der Waals surface area (Å²) in [7, 11) is 1.68. The molecular weight excluding hydrogens is 286 g/mol. The van der Waals surface area contributed by atoms with Crippen molar-refractivity contribution >= 4 is 28.8 Å². The Morgan fingerprint density at radius 3 is 2.50 bits per heavy atom. The molecule has 7 heteroatoms. The lowest BCUT2D eigenvalue weighted by atomic mass is 10.1. The number of rotatable bonds is 3. The van der Waals surface area contributed by atoms with Crippen LogP contribution in [0, 0.1) is 11.6 Å². The second-order valence-electron chi connectivity index (χ2n) is 4.80. The first kappa shape index (κ1) is 14.6. The van der Waals surface area contributed by atoms with E-state index in [9.17, 15) is 8.78 Å². The molecule has 1 aromatic carbocycles. The van der Waals surface area contributed by atoms with Gasteiger partial charge < -0.3 is 11.1 Å². The molecule has 3 N–H and O–H groups in total. The summed E-state index contributed by atoms with van der Waals surface area (Å²) < 4.78 is 28.3. The van der Waals surface area contributed by atoms with Crippen molar-refractivity contribution in [3.8, 4) is 0 Å². The summed E-state index contributed by atoms with van der Waals surface area (Å²) in [6, 6.07) is 1.78. The van der Waals surface area contributed by atoms with Gasteiger partial charge in [-0.25, -0.2) is 8.78 Å². The van der Waals surface area contributed by atoms with Crippen LogP contribution in [0.15, 0.2) is 12.1 Å². The van der Waals surface area contributed by atoms with Crippen molar-refractivity contribution in [1.29, 1.82) is 0 Å². The van der Waals surface area contributed by atoms with Crippen LogP contribution in [-0.4, -0.2) is 9.78 Å². The summed E-state index contributed by atoms with van der Waals surface area (Å²) >= 11 is 5.85. The fourth-order valence-electron chi connectivity index (χ4n) is 1.92. The topological polar surface area (TPSA) is 55.9 Å². The molecule has 20 heavy (non-hydrogen) atoms. The third-order valence-electron chi connectivity index (χ3n) is 2.91. The van der Waals surface area contributed by atoms with E-state index in [2.05, 4.69) is 10.4 Å². The molecule has 0 unspecified atom stereocenters. The molecular formula is C13H15ClF2N4. The molecule has 2 aromatic rings. The first-order valence-electron chi connectivity index (χ1n) is 6.05. The Morgan fingerprint density at radius 1 is 1.35 bits per heavy atom. The van der Waals surface area contributed by atoms with Gasteiger partial charge >= 0.3 is 0 Å². The lowest BCUT2D eigenvalue weighted by Gasteiger charge is -2.11. The molecule has 0 amide bonds.